The highest BCUT2D eigenvalue weighted by Crippen LogP contribution is 2.32. The summed E-state index contributed by atoms with van der Waals surface area (Å²) in [5.41, 5.74) is -1.86. The van der Waals surface area contributed by atoms with Gasteiger partial charge in [0.25, 0.3) is 0 Å². The lowest BCUT2D eigenvalue weighted by Gasteiger charge is -2.14. The number of nitriles is 1. The van der Waals surface area contributed by atoms with Crippen molar-refractivity contribution in [2.45, 2.75) is 23.5 Å². The first-order valence-corrected chi connectivity index (χ1v) is 7.57. The molecule has 10 heteroatoms. The zero-order valence-corrected chi connectivity index (χ0v) is 12.8. The summed E-state index contributed by atoms with van der Waals surface area (Å²) in [6.07, 6.45) is -4.10. The Bertz CT molecular complexity index is 680. The van der Waals surface area contributed by atoms with Crippen LogP contribution in [-0.2, 0) is 16.2 Å². The van der Waals surface area contributed by atoms with E-state index in [1.165, 1.54) is 6.07 Å². The van der Waals surface area contributed by atoms with Gasteiger partial charge in [0.15, 0.2) is 0 Å². The molecule has 22 heavy (non-hydrogen) atoms. The standard InChI is InChI=1S/C12H12F3N3O2S.ClH/c13-12(14,15)11-2-1-10(5-8(11)6-16)21(19,20)18-9-3-4-17-7-9;/h1-2,5,9,17-18H,3-4,7H2;1H. The number of halogens is 4. The molecule has 1 unspecified atom stereocenters. The zero-order chi connectivity index (χ0) is 15.7. The monoisotopic (exact) mass is 355 g/mol. The third-order valence-corrected chi connectivity index (χ3v) is 4.63. The van der Waals surface area contributed by atoms with Crippen molar-refractivity contribution >= 4 is 22.4 Å². The van der Waals surface area contributed by atoms with Crippen molar-refractivity contribution in [2.75, 3.05) is 13.1 Å². The molecular formula is C12H13ClF3N3O2S. The van der Waals surface area contributed by atoms with E-state index in [0.29, 0.717) is 25.6 Å². The molecule has 122 valence electrons. The van der Waals surface area contributed by atoms with Crippen LogP contribution >= 0.6 is 12.4 Å². The molecule has 1 aromatic rings. The second kappa shape index (κ2) is 6.83. The van der Waals surface area contributed by atoms with Gasteiger partial charge in [-0.15, -0.1) is 12.4 Å². The number of hydrogen-bond donors (Lipinski definition) is 2. The average Bonchev–Trinajstić information content (AvgIpc) is 2.89. The Morgan fingerprint density at radius 3 is 2.55 bits per heavy atom. The van der Waals surface area contributed by atoms with Crippen molar-refractivity contribution in [3.8, 4) is 6.07 Å². The predicted octanol–water partition coefficient (Wildman–Crippen LogP) is 1.64. The Kier molecular flexibility index (Phi) is 5.81. The van der Waals surface area contributed by atoms with Gasteiger partial charge in [0.05, 0.1) is 22.1 Å². The van der Waals surface area contributed by atoms with Crippen LogP contribution < -0.4 is 10.0 Å². The Morgan fingerprint density at radius 2 is 2.05 bits per heavy atom. The Morgan fingerprint density at radius 1 is 1.36 bits per heavy atom. The Balaban J connectivity index is 0.00000242. The molecule has 0 aromatic heterocycles. The highest BCUT2D eigenvalue weighted by molar-refractivity contribution is 7.89. The van der Waals surface area contributed by atoms with Gasteiger partial charge in [0.2, 0.25) is 10.0 Å². The molecule has 1 atom stereocenters. The predicted molar refractivity (Wildman–Crippen MR) is 75.0 cm³/mol. The summed E-state index contributed by atoms with van der Waals surface area (Å²) in [7, 11) is -3.95. The van der Waals surface area contributed by atoms with Crippen molar-refractivity contribution in [1.29, 1.82) is 5.26 Å². The van der Waals surface area contributed by atoms with E-state index in [0.717, 1.165) is 12.1 Å². The van der Waals surface area contributed by atoms with E-state index in [-0.39, 0.29) is 23.3 Å². The molecule has 5 nitrogen and oxygen atoms in total. The van der Waals surface area contributed by atoms with Crippen molar-refractivity contribution in [3.63, 3.8) is 0 Å². The van der Waals surface area contributed by atoms with E-state index in [2.05, 4.69) is 10.0 Å². The van der Waals surface area contributed by atoms with Gasteiger partial charge < -0.3 is 5.32 Å². The van der Waals surface area contributed by atoms with Crippen LogP contribution in [0.15, 0.2) is 23.1 Å². The topological polar surface area (TPSA) is 82.0 Å². The van der Waals surface area contributed by atoms with Gasteiger partial charge in [-0.1, -0.05) is 0 Å². The molecule has 0 spiro atoms. The highest BCUT2D eigenvalue weighted by atomic mass is 35.5. The number of hydrogen-bond acceptors (Lipinski definition) is 4. The number of sulfonamides is 1. The fourth-order valence-electron chi connectivity index (χ4n) is 2.07. The fraction of sp³-hybridized carbons (Fsp3) is 0.417. The number of nitrogens with one attached hydrogen (secondary N) is 2. The smallest absolute Gasteiger partial charge is 0.315 e. The lowest BCUT2D eigenvalue weighted by Crippen LogP contribution is -2.36. The highest BCUT2D eigenvalue weighted by Gasteiger charge is 2.34. The molecule has 1 aromatic carbocycles. The number of benzene rings is 1. The van der Waals surface area contributed by atoms with Gasteiger partial charge in [-0.25, -0.2) is 13.1 Å². The molecule has 0 radical (unpaired) electrons. The van der Waals surface area contributed by atoms with E-state index in [1.807, 2.05) is 0 Å². The van der Waals surface area contributed by atoms with Gasteiger partial charge in [-0.05, 0) is 31.2 Å². The van der Waals surface area contributed by atoms with Gasteiger partial charge in [-0.3, -0.25) is 0 Å². The SMILES string of the molecule is Cl.N#Cc1cc(S(=O)(=O)NC2CCNC2)ccc1C(F)(F)F. The Hall–Kier alpha value is -1.34. The van der Waals surface area contributed by atoms with Crippen molar-refractivity contribution in [1.82, 2.24) is 10.0 Å². The third kappa shape index (κ3) is 4.10. The van der Waals surface area contributed by atoms with Crippen molar-refractivity contribution < 1.29 is 21.6 Å². The van der Waals surface area contributed by atoms with Gasteiger partial charge in [0, 0.05) is 12.6 Å². The minimum Gasteiger partial charge on any atom is -0.315 e. The summed E-state index contributed by atoms with van der Waals surface area (Å²) in [6.45, 7) is 1.13. The van der Waals surface area contributed by atoms with Crippen LogP contribution in [0.25, 0.3) is 0 Å². The maximum Gasteiger partial charge on any atom is 0.417 e. The minimum absolute atomic E-state index is 0. The number of alkyl halides is 3. The van der Waals surface area contributed by atoms with E-state index in [9.17, 15) is 21.6 Å². The second-order valence-electron chi connectivity index (χ2n) is 4.63. The van der Waals surface area contributed by atoms with Crippen LogP contribution in [0.4, 0.5) is 13.2 Å². The summed E-state index contributed by atoms with van der Waals surface area (Å²) in [5.74, 6) is 0. The van der Waals surface area contributed by atoms with E-state index < -0.39 is 27.3 Å². The molecule has 1 aliphatic heterocycles. The molecule has 2 rings (SSSR count). The van der Waals surface area contributed by atoms with Gasteiger partial charge in [0.1, 0.15) is 0 Å². The van der Waals surface area contributed by atoms with Gasteiger partial charge in [-0.2, -0.15) is 18.4 Å². The summed E-state index contributed by atoms with van der Waals surface area (Å²) in [4.78, 5) is -0.348. The molecule has 0 bridgehead atoms. The first kappa shape index (κ1) is 18.7. The molecule has 2 N–H and O–H groups in total. The molecule has 1 aliphatic rings. The van der Waals surface area contributed by atoms with Crippen molar-refractivity contribution in [2.24, 2.45) is 0 Å². The van der Waals surface area contributed by atoms with Gasteiger partial charge >= 0.3 is 6.18 Å². The quantitative estimate of drug-likeness (QED) is 0.863. The largest absolute Gasteiger partial charge is 0.417 e. The van der Waals surface area contributed by atoms with Crippen LogP contribution in [0.5, 0.6) is 0 Å². The normalized spacial score (nSPS) is 18.5. The fourth-order valence-corrected chi connectivity index (χ4v) is 3.37. The molecule has 0 aliphatic carbocycles. The second-order valence-corrected chi connectivity index (χ2v) is 6.34. The third-order valence-electron chi connectivity index (χ3n) is 3.11. The number of nitrogens with zero attached hydrogens (tertiary/aromatic N) is 1. The molecule has 1 heterocycles. The minimum atomic E-state index is -4.70. The number of rotatable bonds is 3. The van der Waals surface area contributed by atoms with Crippen LogP contribution in [0.1, 0.15) is 17.5 Å². The first-order valence-electron chi connectivity index (χ1n) is 6.08. The first-order chi connectivity index (χ1) is 9.74. The molecule has 1 fully saturated rings. The lowest BCUT2D eigenvalue weighted by molar-refractivity contribution is -0.137. The lowest BCUT2D eigenvalue weighted by atomic mass is 10.1. The maximum absolute atomic E-state index is 12.7. The van der Waals surface area contributed by atoms with E-state index in [1.54, 1.807) is 0 Å². The summed E-state index contributed by atoms with van der Waals surface area (Å²) in [5, 5.41) is 11.8. The average molecular weight is 356 g/mol. The van der Waals surface area contributed by atoms with E-state index >= 15 is 0 Å². The zero-order valence-electron chi connectivity index (χ0n) is 11.1. The summed E-state index contributed by atoms with van der Waals surface area (Å²) >= 11 is 0. The molecule has 1 saturated heterocycles. The van der Waals surface area contributed by atoms with Crippen LogP contribution in [0, 0.1) is 11.3 Å². The molecule has 0 saturated carbocycles. The van der Waals surface area contributed by atoms with Crippen LogP contribution in [0.3, 0.4) is 0 Å². The summed E-state index contributed by atoms with van der Waals surface area (Å²) < 4.78 is 64.6. The molecule has 0 amide bonds. The maximum atomic E-state index is 12.7. The van der Waals surface area contributed by atoms with Crippen LogP contribution in [-0.4, -0.2) is 27.5 Å². The van der Waals surface area contributed by atoms with E-state index in [4.69, 9.17) is 5.26 Å². The van der Waals surface area contributed by atoms with Crippen molar-refractivity contribution in [3.05, 3.63) is 29.3 Å². The molecular weight excluding hydrogens is 343 g/mol. The summed E-state index contributed by atoms with van der Waals surface area (Å²) in [6, 6.07) is 3.29. The Labute approximate surface area is 132 Å². The van der Waals surface area contributed by atoms with Crippen LogP contribution in [0.2, 0.25) is 0 Å².